The molecular formula is C9H17O5PS2. The van der Waals surface area contributed by atoms with Gasteiger partial charge in [0.25, 0.3) is 0 Å². The van der Waals surface area contributed by atoms with Gasteiger partial charge in [-0.2, -0.15) is 23.5 Å². The maximum absolute atomic E-state index is 10.4. The van der Waals surface area contributed by atoms with Gasteiger partial charge in [-0.3, -0.25) is 4.52 Å². The molecule has 1 saturated heterocycles. The van der Waals surface area contributed by atoms with Crippen LogP contribution in [0.25, 0.3) is 0 Å². The molecule has 100 valence electrons. The van der Waals surface area contributed by atoms with Gasteiger partial charge in [-0.25, -0.2) is 4.57 Å². The first kappa shape index (κ1) is 15.6. The number of phosphoric ester groups is 1. The zero-order valence-electron chi connectivity index (χ0n) is 9.41. The Morgan fingerprint density at radius 2 is 1.88 bits per heavy atom. The third-order valence-corrected chi connectivity index (χ3v) is 4.87. The molecule has 0 aromatic heterocycles. The quantitative estimate of drug-likeness (QED) is 0.453. The molecule has 8 heteroatoms. The molecule has 0 amide bonds. The Kier molecular flexibility index (Phi) is 7.18. The summed E-state index contributed by atoms with van der Waals surface area (Å²) in [6, 6.07) is 0. The molecule has 0 saturated carbocycles. The second-order valence-electron chi connectivity index (χ2n) is 3.60. The Morgan fingerprint density at radius 1 is 1.29 bits per heavy atom. The van der Waals surface area contributed by atoms with Gasteiger partial charge < -0.3 is 14.5 Å². The lowest BCUT2D eigenvalue weighted by Crippen LogP contribution is -2.23. The topological polar surface area (TPSA) is 76.0 Å². The lowest BCUT2D eigenvalue weighted by Gasteiger charge is -2.20. The van der Waals surface area contributed by atoms with Crippen LogP contribution in [0.2, 0.25) is 0 Å². The summed E-state index contributed by atoms with van der Waals surface area (Å²) in [4.78, 5) is 17.0. The van der Waals surface area contributed by atoms with E-state index in [-0.39, 0.29) is 19.3 Å². The standard InChI is InChI=1S/C9H17O5PS2/c1-8-4-16-6-9(7-17-5-8)13-2-3-14-15(10,11)12/h9H,1-7H2,(H2,10,11,12). The Morgan fingerprint density at radius 3 is 2.41 bits per heavy atom. The van der Waals surface area contributed by atoms with Crippen molar-refractivity contribution in [2.75, 3.05) is 36.2 Å². The molecule has 0 atom stereocenters. The number of phosphoric acid groups is 1. The third-order valence-electron chi connectivity index (χ3n) is 1.92. The van der Waals surface area contributed by atoms with Crippen molar-refractivity contribution in [3.05, 3.63) is 12.2 Å². The predicted octanol–water partition coefficient (Wildman–Crippen LogP) is 1.52. The molecule has 0 bridgehead atoms. The normalized spacial score (nSPS) is 20.0. The van der Waals surface area contributed by atoms with Crippen molar-refractivity contribution in [1.82, 2.24) is 0 Å². The average molecular weight is 300 g/mol. The highest BCUT2D eigenvalue weighted by molar-refractivity contribution is 8.01. The molecule has 17 heavy (non-hydrogen) atoms. The van der Waals surface area contributed by atoms with Crippen LogP contribution in [0.1, 0.15) is 0 Å². The summed E-state index contributed by atoms with van der Waals surface area (Å²) < 4.78 is 20.2. The first-order chi connectivity index (χ1) is 7.97. The molecule has 0 spiro atoms. The fourth-order valence-corrected chi connectivity index (χ4v) is 3.79. The van der Waals surface area contributed by atoms with Crippen molar-refractivity contribution in [1.29, 1.82) is 0 Å². The van der Waals surface area contributed by atoms with E-state index >= 15 is 0 Å². The fourth-order valence-electron chi connectivity index (χ4n) is 1.23. The van der Waals surface area contributed by atoms with Gasteiger partial charge in [-0.05, 0) is 0 Å². The van der Waals surface area contributed by atoms with Crippen molar-refractivity contribution in [3.8, 4) is 0 Å². The smallest absolute Gasteiger partial charge is 0.374 e. The van der Waals surface area contributed by atoms with Crippen LogP contribution in [0.3, 0.4) is 0 Å². The molecule has 1 fully saturated rings. The van der Waals surface area contributed by atoms with Crippen molar-refractivity contribution in [2.45, 2.75) is 6.10 Å². The van der Waals surface area contributed by atoms with Crippen molar-refractivity contribution in [3.63, 3.8) is 0 Å². The highest BCUT2D eigenvalue weighted by atomic mass is 32.2. The summed E-state index contributed by atoms with van der Waals surface area (Å²) in [6.45, 7) is 4.08. The minimum Gasteiger partial charge on any atom is -0.374 e. The van der Waals surface area contributed by atoms with Gasteiger partial charge in [0.05, 0.1) is 19.3 Å². The number of thioether (sulfide) groups is 2. The maximum Gasteiger partial charge on any atom is 0.469 e. The second-order valence-corrected chi connectivity index (χ2v) is 6.90. The van der Waals surface area contributed by atoms with E-state index in [1.807, 2.05) is 0 Å². The molecule has 2 N–H and O–H groups in total. The van der Waals surface area contributed by atoms with E-state index in [1.165, 1.54) is 5.57 Å². The molecule has 1 heterocycles. The molecule has 1 rings (SSSR count). The predicted molar refractivity (Wildman–Crippen MR) is 71.5 cm³/mol. The minimum absolute atomic E-state index is 0.0805. The third kappa shape index (κ3) is 8.26. The van der Waals surface area contributed by atoms with Crippen LogP contribution in [0.5, 0.6) is 0 Å². The van der Waals surface area contributed by atoms with Crippen LogP contribution in [0, 0.1) is 0 Å². The van der Waals surface area contributed by atoms with Gasteiger partial charge in [0, 0.05) is 23.0 Å². The molecule has 0 unspecified atom stereocenters. The van der Waals surface area contributed by atoms with Gasteiger partial charge in [0.2, 0.25) is 0 Å². The van der Waals surface area contributed by atoms with E-state index in [9.17, 15) is 4.57 Å². The fraction of sp³-hybridized carbons (Fsp3) is 0.778. The second kappa shape index (κ2) is 7.84. The molecule has 5 nitrogen and oxygen atoms in total. The zero-order valence-corrected chi connectivity index (χ0v) is 11.9. The van der Waals surface area contributed by atoms with E-state index < -0.39 is 7.82 Å². The summed E-state index contributed by atoms with van der Waals surface area (Å²) >= 11 is 3.55. The SMILES string of the molecule is C=C1CSCC(OCCOP(=O)(O)O)CSC1. The summed E-state index contributed by atoms with van der Waals surface area (Å²) in [6.07, 6.45) is 0.110. The maximum atomic E-state index is 10.4. The lowest BCUT2D eigenvalue weighted by molar-refractivity contribution is 0.0515. The van der Waals surface area contributed by atoms with Crippen molar-refractivity contribution < 1.29 is 23.6 Å². The Labute approximate surface area is 110 Å². The zero-order chi connectivity index (χ0) is 12.7. The van der Waals surface area contributed by atoms with E-state index in [4.69, 9.17) is 14.5 Å². The molecule has 0 aromatic carbocycles. The van der Waals surface area contributed by atoms with Crippen LogP contribution in [-0.4, -0.2) is 52.1 Å². The van der Waals surface area contributed by atoms with Crippen LogP contribution >= 0.6 is 31.3 Å². The van der Waals surface area contributed by atoms with Crippen LogP contribution in [-0.2, 0) is 13.8 Å². The summed E-state index contributed by atoms with van der Waals surface area (Å²) in [5.41, 5.74) is 1.24. The van der Waals surface area contributed by atoms with Crippen LogP contribution in [0.15, 0.2) is 12.2 Å². The minimum atomic E-state index is -4.36. The van der Waals surface area contributed by atoms with Crippen molar-refractivity contribution >= 4 is 31.3 Å². The highest BCUT2D eigenvalue weighted by Crippen LogP contribution is 2.35. The largest absolute Gasteiger partial charge is 0.469 e. The van der Waals surface area contributed by atoms with Gasteiger partial charge in [-0.15, -0.1) is 0 Å². The first-order valence-electron chi connectivity index (χ1n) is 5.11. The number of hydrogen-bond acceptors (Lipinski definition) is 5. The van der Waals surface area contributed by atoms with Gasteiger partial charge in [0.15, 0.2) is 0 Å². The highest BCUT2D eigenvalue weighted by Gasteiger charge is 2.16. The Hall–Kier alpha value is 0.510. The molecule has 1 aliphatic heterocycles. The average Bonchev–Trinajstić information content (AvgIpc) is 2.18. The van der Waals surface area contributed by atoms with Crippen molar-refractivity contribution in [2.24, 2.45) is 0 Å². The van der Waals surface area contributed by atoms with E-state index in [1.54, 1.807) is 23.5 Å². The molecule has 0 aromatic rings. The first-order valence-corrected chi connectivity index (χ1v) is 8.95. The molecule has 0 radical (unpaired) electrons. The van der Waals surface area contributed by atoms with Gasteiger partial charge >= 0.3 is 7.82 Å². The Balaban J connectivity index is 2.14. The van der Waals surface area contributed by atoms with Crippen LogP contribution in [0.4, 0.5) is 0 Å². The number of hydrogen-bond donors (Lipinski definition) is 2. The summed E-state index contributed by atoms with van der Waals surface area (Å²) in [5, 5.41) is 0. The van der Waals surface area contributed by atoms with E-state index in [0.717, 1.165) is 23.0 Å². The molecule has 0 aliphatic carbocycles. The van der Waals surface area contributed by atoms with Gasteiger partial charge in [-0.1, -0.05) is 12.2 Å². The summed E-state index contributed by atoms with van der Waals surface area (Å²) in [5.74, 6) is 3.65. The number of rotatable bonds is 5. The monoisotopic (exact) mass is 300 g/mol. The number of ether oxygens (including phenoxy) is 1. The van der Waals surface area contributed by atoms with E-state index in [2.05, 4.69) is 11.1 Å². The molecular weight excluding hydrogens is 283 g/mol. The Bertz CT molecular complexity index is 281. The summed E-state index contributed by atoms with van der Waals surface area (Å²) in [7, 11) is -4.36. The lowest BCUT2D eigenvalue weighted by atomic mass is 10.4. The molecule has 1 aliphatic rings. The van der Waals surface area contributed by atoms with Crippen LogP contribution < -0.4 is 0 Å². The van der Waals surface area contributed by atoms with E-state index in [0.29, 0.717) is 0 Å². The van der Waals surface area contributed by atoms with Gasteiger partial charge in [0.1, 0.15) is 0 Å².